The van der Waals surface area contributed by atoms with Crippen molar-refractivity contribution >= 4 is 5.91 Å². The first-order chi connectivity index (χ1) is 11.9. The van der Waals surface area contributed by atoms with Gasteiger partial charge in [0.1, 0.15) is 5.82 Å². The maximum Gasteiger partial charge on any atom is 0.223 e. The molecule has 0 saturated carbocycles. The molecule has 0 radical (unpaired) electrons. The second kappa shape index (κ2) is 7.33. The standard InChI is InChI=1S/C19H27N5O/c1-13(2)9-16-21-19(24(22-16)17-7-5-6-8-20-17)15-10-18(25)23(12-15)11-14(3)4/h5-8,13-15H,9-12H2,1-4H3/t15-/m1/s1. The Kier molecular flexibility index (Phi) is 5.16. The minimum absolute atomic E-state index is 0.0710. The molecular weight excluding hydrogens is 314 g/mol. The van der Waals surface area contributed by atoms with Crippen molar-refractivity contribution in [1.82, 2.24) is 24.6 Å². The number of nitrogens with zero attached hydrogens (tertiary/aromatic N) is 5. The van der Waals surface area contributed by atoms with Crippen molar-refractivity contribution in [2.45, 2.75) is 46.5 Å². The highest BCUT2D eigenvalue weighted by atomic mass is 16.2. The molecule has 3 heterocycles. The third-order valence-electron chi connectivity index (χ3n) is 4.30. The first kappa shape index (κ1) is 17.6. The third-order valence-corrected chi connectivity index (χ3v) is 4.30. The first-order valence-electron chi connectivity index (χ1n) is 9.09. The van der Waals surface area contributed by atoms with E-state index >= 15 is 0 Å². The molecule has 0 aliphatic carbocycles. The Hall–Kier alpha value is -2.24. The topological polar surface area (TPSA) is 63.9 Å². The Morgan fingerprint density at radius 3 is 2.64 bits per heavy atom. The Balaban J connectivity index is 1.92. The Morgan fingerprint density at radius 2 is 2.00 bits per heavy atom. The molecule has 3 rings (SSSR count). The van der Waals surface area contributed by atoms with E-state index in [1.54, 1.807) is 6.20 Å². The summed E-state index contributed by atoms with van der Waals surface area (Å²) in [4.78, 5) is 23.5. The van der Waals surface area contributed by atoms with Gasteiger partial charge in [0.25, 0.3) is 0 Å². The van der Waals surface area contributed by atoms with Crippen LogP contribution in [0.15, 0.2) is 24.4 Å². The van der Waals surface area contributed by atoms with Crippen molar-refractivity contribution in [2.24, 2.45) is 11.8 Å². The van der Waals surface area contributed by atoms with Gasteiger partial charge in [0.05, 0.1) is 0 Å². The SMILES string of the molecule is CC(C)Cc1nc([C@@H]2CC(=O)N(CC(C)C)C2)n(-c2ccccn2)n1. The molecule has 2 aromatic heterocycles. The summed E-state index contributed by atoms with van der Waals surface area (Å²) < 4.78 is 1.83. The number of aromatic nitrogens is 4. The Bertz CT molecular complexity index is 723. The molecule has 134 valence electrons. The summed E-state index contributed by atoms with van der Waals surface area (Å²) in [5.41, 5.74) is 0. The summed E-state index contributed by atoms with van der Waals surface area (Å²) >= 11 is 0. The number of rotatable bonds is 6. The zero-order valence-corrected chi connectivity index (χ0v) is 15.5. The molecule has 1 aliphatic rings. The van der Waals surface area contributed by atoms with Gasteiger partial charge < -0.3 is 4.90 Å². The van der Waals surface area contributed by atoms with Gasteiger partial charge in [-0.05, 0) is 24.0 Å². The number of likely N-dealkylation sites (tertiary alicyclic amines) is 1. The summed E-state index contributed by atoms with van der Waals surface area (Å²) in [6.07, 6.45) is 3.08. The minimum Gasteiger partial charge on any atom is -0.342 e. The largest absolute Gasteiger partial charge is 0.342 e. The zero-order valence-electron chi connectivity index (χ0n) is 15.5. The van der Waals surface area contributed by atoms with E-state index in [-0.39, 0.29) is 11.8 Å². The molecule has 0 spiro atoms. The van der Waals surface area contributed by atoms with Crippen LogP contribution < -0.4 is 0 Å². The lowest BCUT2D eigenvalue weighted by atomic mass is 10.1. The smallest absolute Gasteiger partial charge is 0.223 e. The summed E-state index contributed by atoms with van der Waals surface area (Å²) in [6.45, 7) is 10.1. The van der Waals surface area contributed by atoms with Gasteiger partial charge >= 0.3 is 0 Å². The van der Waals surface area contributed by atoms with Crippen LogP contribution in [-0.2, 0) is 11.2 Å². The van der Waals surface area contributed by atoms with Crippen molar-refractivity contribution < 1.29 is 4.79 Å². The molecule has 25 heavy (non-hydrogen) atoms. The van der Waals surface area contributed by atoms with E-state index in [1.165, 1.54) is 0 Å². The molecule has 1 aliphatic heterocycles. The molecule has 1 atom stereocenters. The number of hydrogen-bond acceptors (Lipinski definition) is 4. The average Bonchev–Trinajstić information content (AvgIpc) is 3.11. The highest BCUT2D eigenvalue weighted by Crippen LogP contribution is 2.29. The lowest BCUT2D eigenvalue weighted by Crippen LogP contribution is -2.29. The molecule has 1 fully saturated rings. The van der Waals surface area contributed by atoms with Crippen LogP contribution in [0.25, 0.3) is 5.82 Å². The number of carbonyl (C=O) groups excluding carboxylic acids is 1. The quantitative estimate of drug-likeness (QED) is 0.810. The number of pyridine rings is 1. The van der Waals surface area contributed by atoms with Crippen molar-refractivity contribution in [3.8, 4) is 5.82 Å². The predicted octanol–water partition coefficient (Wildman–Crippen LogP) is 2.83. The molecular formula is C19H27N5O. The second-order valence-corrected chi connectivity index (χ2v) is 7.68. The van der Waals surface area contributed by atoms with Gasteiger partial charge in [0.15, 0.2) is 11.6 Å². The maximum absolute atomic E-state index is 12.4. The van der Waals surface area contributed by atoms with Crippen molar-refractivity contribution in [2.75, 3.05) is 13.1 Å². The van der Waals surface area contributed by atoms with Crippen LogP contribution in [0.3, 0.4) is 0 Å². The maximum atomic E-state index is 12.4. The molecule has 6 heteroatoms. The molecule has 0 N–H and O–H groups in total. The first-order valence-corrected chi connectivity index (χ1v) is 9.09. The fourth-order valence-corrected chi connectivity index (χ4v) is 3.29. The monoisotopic (exact) mass is 341 g/mol. The van der Waals surface area contributed by atoms with Gasteiger partial charge in [0.2, 0.25) is 5.91 Å². The molecule has 1 amide bonds. The van der Waals surface area contributed by atoms with E-state index in [0.717, 1.165) is 30.4 Å². The number of hydrogen-bond donors (Lipinski definition) is 0. The zero-order chi connectivity index (χ0) is 18.0. The van der Waals surface area contributed by atoms with E-state index in [0.29, 0.717) is 24.8 Å². The van der Waals surface area contributed by atoms with Crippen LogP contribution in [0.1, 0.15) is 51.7 Å². The van der Waals surface area contributed by atoms with Crippen molar-refractivity contribution in [3.63, 3.8) is 0 Å². The van der Waals surface area contributed by atoms with E-state index < -0.39 is 0 Å². The highest BCUT2D eigenvalue weighted by molar-refractivity contribution is 5.79. The van der Waals surface area contributed by atoms with Crippen LogP contribution in [-0.4, -0.2) is 43.6 Å². The lowest BCUT2D eigenvalue weighted by molar-refractivity contribution is -0.128. The van der Waals surface area contributed by atoms with Crippen molar-refractivity contribution in [3.05, 3.63) is 36.0 Å². The number of carbonyl (C=O) groups is 1. The van der Waals surface area contributed by atoms with Crippen LogP contribution in [0, 0.1) is 11.8 Å². The molecule has 1 saturated heterocycles. The van der Waals surface area contributed by atoms with Crippen LogP contribution in [0.2, 0.25) is 0 Å². The van der Waals surface area contributed by atoms with E-state index in [4.69, 9.17) is 4.98 Å². The molecule has 0 aromatic carbocycles. The van der Waals surface area contributed by atoms with Crippen LogP contribution >= 0.6 is 0 Å². The fraction of sp³-hybridized carbons (Fsp3) is 0.579. The van der Waals surface area contributed by atoms with Crippen molar-refractivity contribution in [1.29, 1.82) is 0 Å². The Labute approximate surface area is 149 Å². The predicted molar refractivity (Wildman–Crippen MR) is 96.5 cm³/mol. The van der Waals surface area contributed by atoms with E-state index in [9.17, 15) is 4.79 Å². The van der Waals surface area contributed by atoms with Crippen LogP contribution in [0.4, 0.5) is 0 Å². The minimum atomic E-state index is 0.0710. The van der Waals surface area contributed by atoms with Gasteiger partial charge in [-0.3, -0.25) is 4.79 Å². The normalized spacial score (nSPS) is 17.9. The van der Waals surface area contributed by atoms with E-state index in [2.05, 4.69) is 37.8 Å². The molecule has 0 bridgehead atoms. The Morgan fingerprint density at radius 1 is 1.20 bits per heavy atom. The molecule has 6 nitrogen and oxygen atoms in total. The summed E-state index contributed by atoms with van der Waals surface area (Å²) in [5, 5.41) is 4.69. The second-order valence-electron chi connectivity index (χ2n) is 7.68. The molecule has 2 aromatic rings. The highest BCUT2D eigenvalue weighted by Gasteiger charge is 2.34. The van der Waals surface area contributed by atoms with Gasteiger partial charge in [-0.25, -0.2) is 9.97 Å². The summed E-state index contributed by atoms with van der Waals surface area (Å²) in [5.74, 6) is 3.67. The summed E-state index contributed by atoms with van der Waals surface area (Å²) in [7, 11) is 0. The van der Waals surface area contributed by atoms with Gasteiger partial charge in [-0.15, -0.1) is 5.10 Å². The van der Waals surface area contributed by atoms with Crippen LogP contribution in [0.5, 0.6) is 0 Å². The van der Waals surface area contributed by atoms with Gasteiger partial charge in [0, 0.05) is 38.0 Å². The van der Waals surface area contributed by atoms with E-state index in [1.807, 2.05) is 27.8 Å². The summed E-state index contributed by atoms with van der Waals surface area (Å²) in [6, 6.07) is 5.76. The average molecular weight is 341 g/mol. The molecule has 0 unspecified atom stereocenters. The number of amides is 1. The van der Waals surface area contributed by atoms with Gasteiger partial charge in [-0.2, -0.15) is 4.68 Å². The third kappa shape index (κ3) is 4.06. The lowest BCUT2D eigenvalue weighted by Gasteiger charge is -2.18. The fourth-order valence-electron chi connectivity index (χ4n) is 3.29. The van der Waals surface area contributed by atoms with Gasteiger partial charge in [-0.1, -0.05) is 33.8 Å².